The van der Waals surface area contributed by atoms with Gasteiger partial charge < -0.3 is 31.5 Å². The Morgan fingerprint density at radius 3 is 1.92 bits per heavy atom. The summed E-state index contributed by atoms with van der Waals surface area (Å²) in [5.74, 6) is -1.54. The molecule has 0 aliphatic heterocycles. The largest absolute Gasteiger partial charge is 0.439 e. The normalized spacial score (nSPS) is 11.3. The van der Waals surface area contributed by atoms with E-state index in [9.17, 15) is 24.0 Å². The topological polar surface area (TPSA) is 186 Å². The molecule has 1 atom stereocenters. The minimum atomic E-state index is -1.03. The molecule has 0 aromatic heterocycles. The second-order valence-corrected chi connectivity index (χ2v) is 7.88. The van der Waals surface area contributed by atoms with Crippen LogP contribution in [0.25, 0.3) is 0 Å². The summed E-state index contributed by atoms with van der Waals surface area (Å²) in [6, 6.07) is -1.03. The molecule has 1 unspecified atom stereocenters. The number of nitrogens with one attached hydrogen (secondary N) is 5. The number of hydrogen-bond acceptors (Lipinski definition) is 10. The van der Waals surface area contributed by atoms with Gasteiger partial charge in [0.15, 0.2) is 0 Å². The fraction of sp³-hybridized carbons (Fsp3) is 0.773. The van der Waals surface area contributed by atoms with Crippen molar-refractivity contribution in [3.8, 4) is 0 Å². The molecular weight excluding hydrogens is 492 g/mol. The summed E-state index contributed by atoms with van der Waals surface area (Å²) in [5, 5.41) is 12.4. The number of unbranched alkanes of at least 4 members (excludes halogenated alkanes) is 1. The van der Waals surface area contributed by atoms with Crippen molar-refractivity contribution in [2.75, 3.05) is 60.0 Å². The molecule has 0 aromatic carbocycles. The van der Waals surface area contributed by atoms with Gasteiger partial charge in [0.25, 0.3) is 0 Å². The van der Waals surface area contributed by atoms with Crippen LogP contribution in [0.2, 0.25) is 0 Å². The first-order chi connectivity index (χ1) is 17.8. The lowest BCUT2D eigenvalue weighted by Gasteiger charge is -2.21. The minimum Gasteiger partial charge on any atom is -0.353 e. The van der Waals surface area contributed by atoms with E-state index in [1.165, 1.54) is 7.11 Å². The molecular formula is C22H42N6O9. The van der Waals surface area contributed by atoms with E-state index >= 15 is 0 Å². The molecule has 0 fully saturated rings. The Bertz CT molecular complexity index is 690. The lowest BCUT2D eigenvalue weighted by atomic mass is 10.1. The first-order valence-electron chi connectivity index (χ1n) is 12.3. The van der Waals surface area contributed by atoms with E-state index < -0.39 is 36.6 Å². The average Bonchev–Trinajstić information content (AvgIpc) is 2.85. The van der Waals surface area contributed by atoms with Gasteiger partial charge in [-0.25, -0.2) is 9.59 Å². The minimum absolute atomic E-state index is 0.183. The van der Waals surface area contributed by atoms with Crippen LogP contribution in [0.3, 0.4) is 0 Å². The highest BCUT2D eigenvalue weighted by molar-refractivity contribution is 5.90. The number of hydrogen-bond donors (Lipinski definition) is 5. The zero-order valence-corrected chi connectivity index (χ0v) is 22.2. The van der Waals surface area contributed by atoms with Gasteiger partial charge in [-0.2, -0.15) is 9.78 Å². The van der Waals surface area contributed by atoms with E-state index in [2.05, 4.69) is 64.9 Å². The van der Waals surface area contributed by atoms with Crippen molar-refractivity contribution in [1.82, 2.24) is 31.5 Å². The van der Waals surface area contributed by atoms with Gasteiger partial charge in [0.05, 0.1) is 27.3 Å². The average molecular weight is 535 g/mol. The van der Waals surface area contributed by atoms with Crippen molar-refractivity contribution in [3.63, 3.8) is 0 Å². The zero-order chi connectivity index (χ0) is 27.9. The molecule has 0 rings (SSSR count). The smallest absolute Gasteiger partial charge is 0.353 e. The fourth-order valence-electron chi connectivity index (χ4n) is 3.20. The standard InChI is InChI=1S/C22H42N6O9/c1-5-12-28(13-6-2)14-11-23-18(29)15-25-19(30)16-26-20(31)17(27-22(33)37-35-4)9-7-8-10-24-21(32)36-34-3/h17H,5-16H2,1-4H3,(H,23,29)(H,24,32)(H,25,30)(H,26,31)(H,27,33). The third kappa shape index (κ3) is 18.7. The van der Waals surface area contributed by atoms with E-state index in [1.807, 2.05) is 0 Å². The Balaban J connectivity index is 4.42. The Hall–Kier alpha value is -3.17. The van der Waals surface area contributed by atoms with Gasteiger partial charge in [0.1, 0.15) is 6.04 Å². The first kappa shape index (κ1) is 33.8. The SMILES string of the molecule is CCCN(CCC)CCNC(=O)CNC(=O)CNC(=O)C(CCCCNC(=O)OOC)NC(=O)OOC. The van der Waals surface area contributed by atoms with E-state index in [0.717, 1.165) is 39.6 Å². The van der Waals surface area contributed by atoms with Gasteiger partial charge in [-0.05, 0) is 45.2 Å². The Morgan fingerprint density at radius 1 is 0.703 bits per heavy atom. The molecule has 0 radical (unpaired) electrons. The predicted molar refractivity (Wildman–Crippen MR) is 132 cm³/mol. The van der Waals surface area contributed by atoms with Crippen molar-refractivity contribution in [3.05, 3.63) is 0 Å². The summed E-state index contributed by atoms with van der Waals surface area (Å²) in [7, 11) is 2.32. The third-order valence-corrected chi connectivity index (χ3v) is 4.81. The lowest BCUT2D eigenvalue weighted by Crippen LogP contribution is -2.49. The highest BCUT2D eigenvalue weighted by Gasteiger charge is 2.22. The molecule has 0 heterocycles. The van der Waals surface area contributed by atoms with Crippen LogP contribution in [0, 0.1) is 0 Å². The number of carbonyl (C=O) groups is 5. The summed E-state index contributed by atoms with van der Waals surface area (Å²) in [4.78, 5) is 78.7. The number of amides is 5. The molecule has 15 heteroatoms. The second-order valence-electron chi connectivity index (χ2n) is 7.88. The van der Waals surface area contributed by atoms with Gasteiger partial charge in [-0.3, -0.25) is 24.2 Å². The number of rotatable bonds is 20. The molecule has 0 aromatic rings. The Kier molecular flexibility index (Phi) is 20.2. The second kappa shape index (κ2) is 22.1. The van der Waals surface area contributed by atoms with Crippen LogP contribution in [0.15, 0.2) is 0 Å². The third-order valence-electron chi connectivity index (χ3n) is 4.81. The summed E-state index contributed by atoms with van der Waals surface area (Å²) < 4.78 is 0. The quantitative estimate of drug-likeness (QED) is 0.0780. The number of carbonyl (C=O) groups excluding carboxylic acids is 5. The van der Waals surface area contributed by atoms with Crippen molar-refractivity contribution < 1.29 is 43.5 Å². The Labute approximate surface area is 217 Å². The van der Waals surface area contributed by atoms with E-state index in [4.69, 9.17) is 0 Å². The molecule has 5 amide bonds. The summed E-state index contributed by atoms with van der Waals surface area (Å²) in [5.41, 5.74) is 0. The van der Waals surface area contributed by atoms with Crippen LogP contribution >= 0.6 is 0 Å². The molecule has 214 valence electrons. The van der Waals surface area contributed by atoms with Gasteiger partial charge >= 0.3 is 12.2 Å². The molecule has 37 heavy (non-hydrogen) atoms. The van der Waals surface area contributed by atoms with Crippen molar-refractivity contribution in [1.29, 1.82) is 0 Å². The highest BCUT2D eigenvalue weighted by Crippen LogP contribution is 2.02. The highest BCUT2D eigenvalue weighted by atomic mass is 17.2. The van der Waals surface area contributed by atoms with Crippen molar-refractivity contribution in [2.24, 2.45) is 0 Å². The maximum absolute atomic E-state index is 12.5. The van der Waals surface area contributed by atoms with E-state index in [0.29, 0.717) is 19.4 Å². The first-order valence-corrected chi connectivity index (χ1v) is 12.3. The van der Waals surface area contributed by atoms with Crippen LogP contribution in [-0.4, -0.2) is 101 Å². The molecule has 0 aliphatic carbocycles. The summed E-state index contributed by atoms with van der Waals surface area (Å²) in [6.07, 6.45) is 1.40. The van der Waals surface area contributed by atoms with Crippen molar-refractivity contribution in [2.45, 2.75) is 52.0 Å². The number of nitrogens with zero attached hydrogens (tertiary/aromatic N) is 1. The Morgan fingerprint density at radius 2 is 1.30 bits per heavy atom. The molecule has 0 bridgehead atoms. The molecule has 0 spiro atoms. The fourth-order valence-corrected chi connectivity index (χ4v) is 3.20. The van der Waals surface area contributed by atoms with Gasteiger partial charge in [0.2, 0.25) is 17.7 Å². The molecule has 0 saturated heterocycles. The summed E-state index contributed by atoms with van der Waals surface area (Å²) >= 11 is 0. The zero-order valence-electron chi connectivity index (χ0n) is 22.2. The van der Waals surface area contributed by atoms with Crippen LogP contribution < -0.4 is 26.6 Å². The molecule has 15 nitrogen and oxygen atoms in total. The van der Waals surface area contributed by atoms with Gasteiger partial charge in [-0.1, -0.05) is 13.8 Å². The van der Waals surface area contributed by atoms with Gasteiger partial charge in [-0.15, -0.1) is 0 Å². The van der Waals surface area contributed by atoms with E-state index in [1.54, 1.807) is 0 Å². The maximum Gasteiger partial charge on any atom is 0.439 e. The van der Waals surface area contributed by atoms with Gasteiger partial charge in [0, 0.05) is 19.6 Å². The van der Waals surface area contributed by atoms with Crippen LogP contribution in [-0.2, 0) is 33.9 Å². The lowest BCUT2D eigenvalue weighted by molar-refractivity contribution is -0.213. The molecule has 0 aliphatic rings. The van der Waals surface area contributed by atoms with E-state index in [-0.39, 0.29) is 25.4 Å². The predicted octanol–water partition coefficient (Wildman–Crippen LogP) is -0.429. The van der Waals surface area contributed by atoms with Crippen LogP contribution in [0.4, 0.5) is 9.59 Å². The van der Waals surface area contributed by atoms with Crippen LogP contribution in [0.5, 0.6) is 0 Å². The monoisotopic (exact) mass is 534 g/mol. The molecule has 0 saturated carbocycles. The molecule has 5 N–H and O–H groups in total. The van der Waals surface area contributed by atoms with Crippen molar-refractivity contribution >= 4 is 29.9 Å². The summed E-state index contributed by atoms with van der Waals surface area (Å²) in [6.45, 7) is 6.94. The van der Waals surface area contributed by atoms with Crippen LogP contribution in [0.1, 0.15) is 46.0 Å². The maximum atomic E-state index is 12.5.